The first-order valence-corrected chi connectivity index (χ1v) is 12.3. The quantitative estimate of drug-likeness (QED) is 0.273. The lowest BCUT2D eigenvalue weighted by Crippen LogP contribution is -2.11. The van der Waals surface area contributed by atoms with Crippen molar-refractivity contribution in [1.29, 1.82) is 0 Å². The molecular formula is C30H23N3S. The summed E-state index contributed by atoms with van der Waals surface area (Å²) < 4.78 is 0. The Bertz CT molecular complexity index is 1480. The summed E-state index contributed by atoms with van der Waals surface area (Å²) in [6, 6.07) is 34.3. The largest absolute Gasteiger partial charge is 0.309 e. The molecule has 5 aromatic rings. The van der Waals surface area contributed by atoms with Crippen LogP contribution >= 0.6 is 11.8 Å². The Hall–Kier alpha value is -3.89. The number of hydrogen-bond acceptors (Lipinski definition) is 4. The Labute approximate surface area is 204 Å². The topological polar surface area (TPSA) is 29.0 Å². The van der Waals surface area contributed by atoms with Crippen molar-refractivity contribution in [3.05, 3.63) is 121 Å². The summed E-state index contributed by atoms with van der Waals surface area (Å²) in [5, 5.41) is 0. The standard InChI is InChI=1S/C30H23N3S/c1-21-14-16-32-27(17-21)22-8-6-9-25(18-22)33-28-11-3-2-7-24(28)20-34-30-13-12-23(19-29(30)33)26-10-4-5-15-31-26/h2-19H,20H2,1H3. The van der Waals surface area contributed by atoms with Gasteiger partial charge in [-0.3, -0.25) is 9.97 Å². The molecule has 0 saturated carbocycles. The molecule has 3 nitrogen and oxygen atoms in total. The molecule has 0 atom stereocenters. The Morgan fingerprint density at radius 3 is 2.41 bits per heavy atom. The SMILES string of the molecule is Cc1ccnc(-c2cccc(N3c4ccccc4CSc4ccc(-c5ccccn5)cc43)c2)c1. The van der Waals surface area contributed by atoms with Crippen molar-refractivity contribution in [3.63, 3.8) is 0 Å². The summed E-state index contributed by atoms with van der Waals surface area (Å²) in [4.78, 5) is 12.9. The highest BCUT2D eigenvalue weighted by Crippen LogP contribution is 2.48. The van der Waals surface area contributed by atoms with Crippen LogP contribution in [0.4, 0.5) is 17.1 Å². The Morgan fingerprint density at radius 2 is 1.53 bits per heavy atom. The van der Waals surface area contributed by atoms with Crippen LogP contribution in [-0.2, 0) is 5.75 Å². The predicted octanol–water partition coefficient (Wildman–Crippen LogP) is 8.19. The van der Waals surface area contributed by atoms with E-state index in [4.69, 9.17) is 0 Å². The van der Waals surface area contributed by atoms with Gasteiger partial charge in [-0.25, -0.2) is 0 Å². The predicted molar refractivity (Wildman–Crippen MR) is 142 cm³/mol. The van der Waals surface area contributed by atoms with Crippen molar-refractivity contribution >= 4 is 28.8 Å². The van der Waals surface area contributed by atoms with E-state index in [0.29, 0.717) is 0 Å². The third-order valence-corrected chi connectivity index (χ3v) is 7.20. The molecule has 0 aliphatic carbocycles. The summed E-state index contributed by atoms with van der Waals surface area (Å²) >= 11 is 1.88. The van der Waals surface area contributed by atoms with Crippen LogP contribution in [0.15, 0.2) is 114 Å². The minimum atomic E-state index is 0.932. The number of aromatic nitrogens is 2. The highest BCUT2D eigenvalue weighted by molar-refractivity contribution is 7.98. The zero-order chi connectivity index (χ0) is 22.9. The van der Waals surface area contributed by atoms with Gasteiger partial charge >= 0.3 is 0 Å². The van der Waals surface area contributed by atoms with E-state index >= 15 is 0 Å². The summed E-state index contributed by atoms with van der Waals surface area (Å²) in [6.45, 7) is 2.10. The van der Waals surface area contributed by atoms with Crippen molar-refractivity contribution in [2.75, 3.05) is 4.90 Å². The highest BCUT2D eigenvalue weighted by atomic mass is 32.2. The molecule has 0 unspecified atom stereocenters. The van der Waals surface area contributed by atoms with Crippen molar-refractivity contribution < 1.29 is 0 Å². The zero-order valence-electron chi connectivity index (χ0n) is 18.8. The molecule has 0 spiro atoms. The van der Waals surface area contributed by atoms with Gasteiger partial charge in [0.1, 0.15) is 0 Å². The molecule has 34 heavy (non-hydrogen) atoms. The number of benzene rings is 3. The number of pyridine rings is 2. The average molecular weight is 458 g/mol. The Morgan fingerprint density at radius 1 is 0.676 bits per heavy atom. The van der Waals surface area contributed by atoms with Crippen molar-refractivity contribution in [3.8, 4) is 22.5 Å². The number of thioether (sulfide) groups is 1. The van der Waals surface area contributed by atoms with Crippen LogP contribution < -0.4 is 4.90 Å². The summed E-state index contributed by atoms with van der Waals surface area (Å²) in [6.07, 6.45) is 3.73. The van der Waals surface area contributed by atoms with Gasteiger partial charge in [-0.05, 0) is 72.6 Å². The molecular weight excluding hydrogens is 434 g/mol. The normalized spacial score (nSPS) is 12.6. The maximum absolute atomic E-state index is 4.63. The lowest BCUT2D eigenvalue weighted by Gasteiger charge is -2.27. The van der Waals surface area contributed by atoms with Crippen LogP contribution in [-0.4, -0.2) is 9.97 Å². The minimum Gasteiger partial charge on any atom is -0.309 e. The summed E-state index contributed by atoms with van der Waals surface area (Å²) in [5.41, 5.74) is 10.2. The van der Waals surface area contributed by atoms with Crippen LogP contribution in [0.25, 0.3) is 22.5 Å². The van der Waals surface area contributed by atoms with Gasteiger partial charge in [-0.15, -0.1) is 11.8 Å². The van der Waals surface area contributed by atoms with Crippen LogP contribution in [0.3, 0.4) is 0 Å². The molecule has 1 aliphatic rings. The molecule has 0 N–H and O–H groups in total. The summed E-state index contributed by atoms with van der Waals surface area (Å²) in [5.74, 6) is 0.932. The summed E-state index contributed by atoms with van der Waals surface area (Å²) in [7, 11) is 0. The first kappa shape index (κ1) is 20.7. The number of para-hydroxylation sites is 1. The van der Waals surface area contributed by atoms with E-state index < -0.39 is 0 Å². The molecule has 3 aromatic carbocycles. The van der Waals surface area contributed by atoms with Gasteiger partial charge in [0.15, 0.2) is 0 Å². The molecule has 1 aliphatic heterocycles. The van der Waals surface area contributed by atoms with Crippen molar-refractivity contribution in [2.45, 2.75) is 17.6 Å². The Kier molecular flexibility index (Phi) is 5.36. The third kappa shape index (κ3) is 3.87. The first-order valence-electron chi connectivity index (χ1n) is 11.4. The second-order valence-electron chi connectivity index (χ2n) is 8.42. The van der Waals surface area contributed by atoms with Crippen LogP contribution in [0, 0.1) is 6.92 Å². The van der Waals surface area contributed by atoms with Crippen LogP contribution in [0.5, 0.6) is 0 Å². The van der Waals surface area contributed by atoms with Gasteiger partial charge in [0.05, 0.1) is 22.8 Å². The van der Waals surface area contributed by atoms with Crippen LogP contribution in [0.2, 0.25) is 0 Å². The van der Waals surface area contributed by atoms with Crippen molar-refractivity contribution in [2.24, 2.45) is 0 Å². The molecule has 6 rings (SSSR count). The van der Waals surface area contributed by atoms with E-state index in [2.05, 4.69) is 101 Å². The third-order valence-electron chi connectivity index (χ3n) is 6.09. The first-order chi connectivity index (χ1) is 16.8. The molecule has 0 radical (unpaired) electrons. The number of anilines is 3. The van der Waals surface area contributed by atoms with Crippen molar-refractivity contribution in [1.82, 2.24) is 9.97 Å². The number of nitrogens with zero attached hydrogens (tertiary/aromatic N) is 3. The molecule has 0 fully saturated rings. The lowest BCUT2D eigenvalue weighted by molar-refractivity contribution is 1.22. The maximum atomic E-state index is 4.63. The average Bonchev–Trinajstić information content (AvgIpc) is 3.06. The fourth-order valence-corrected chi connectivity index (χ4v) is 5.44. The van der Waals surface area contributed by atoms with E-state index in [1.54, 1.807) is 0 Å². The fraction of sp³-hybridized carbons (Fsp3) is 0.0667. The molecule has 0 bridgehead atoms. The lowest BCUT2D eigenvalue weighted by atomic mass is 10.0. The molecule has 4 heteroatoms. The highest BCUT2D eigenvalue weighted by Gasteiger charge is 2.23. The number of fused-ring (bicyclic) bond motifs is 2. The van der Waals surface area contributed by atoms with Gasteiger partial charge in [0.25, 0.3) is 0 Å². The number of hydrogen-bond donors (Lipinski definition) is 0. The van der Waals surface area contributed by atoms with Gasteiger partial charge < -0.3 is 4.90 Å². The molecule has 0 saturated heterocycles. The van der Waals surface area contributed by atoms with Gasteiger partial charge in [0, 0.05) is 39.9 Å². The van der Waals surface area contributed by atoms with Gasteiger partial charge in [-0.1, -0.05) is 42.5 Å². The molecule has 0 amide bonds. The van der Waals surface area contributed by atoms with Gasteiger partial charge in [-0.2, -0.15) is 0 Å². The zero-order valence-corrected chi connectivity index (χ0v) is 19.7. The van der Waals surface area contributed by atoms with E-state index in [0.717, 1.165) is 34.0 Å². The second-order valence-corrected chi connectivity index (χ2v) is 9.44. The minimum absolute atomic E-state index is 0.932. The molecule has 164 valence electrons. The van der Waals surface area contributed by atoms with E-state index in [1.807, 2.05) is 42.4 Å². The van der Waals surface area contributed by atoms with Crippen LogP contribution in [0.1, 0.15) is 11.1 Å². The smallest absolute Gasteiger partial charge is 0.0705 e. The van der Waals surface area contributed by atoms with Gasteiger partial charge in [0.2, 0.25) is 0 Å². The Balaban J connectivity index is 1.55. The number of aryl methyl sites for hydroxylation is 1. The fourth-order valence-electron chi connectivity index (χ4n) is 4.42. The molecule has 3 heterocycles. The van der Waals surface area contributed by atoms with E-state index in [-0.39, 0.29) is 0 Å². The number of rotatable bonds is 3. The van der Waals surface area contributed by atoms with E-state index in [1.165, 1.54) is 27.4 Å². The molecule has 2 aromatic heterocycles. The van der Waals surface area contributed by atoms with E-state index in [9.17, 15) is 0 Å². The monoisotopic (exact) mass is 457 g/mol. The second kappa shape index (κ2) is 8.81. The maximum Gasteiger partial charge on any atom is 0.0705 e.